The molecule has 0 atom stereocenters. The van der Waals surface area contributed by atoms with E-state index in [1.165, 1.54) is 6.07 Å². The van der Waals surface area contributed by atoms with Crippen LogP contribution in [0.2, 0.25) is 0 Å². The van der Waals surface area contributed by atoms with Crippen LogP contribution >= 0.6 is 0 Å². The SMILES string of the molecule is CCOC(=O)c1cc(N)c([N+](=O)[O-])cc1OCC. The second-order valence-corrected chi connectivity index (χ2v) is 3.32. The summed E-state index contributed by atoms with van der Waals surface area (Å²) in [4.78, 5) is 21.8. The van der Waals surface area contributed by atoms with E-state index in [2.05, 4.69) is 0 Å². The van der Waals surface area contributed by atoms with Gasteiger partial charge in [0.1, 0.15) is 17.0 Å². The summed E-state index contributed by atoms with van der Waals surface area (Å²) in [5.74, 6) is -0.528. The molecule has 18 heavy (non-hydrogen) atoms. The fourth-order valence-electron chi connectivity index (χ4n) is 1.39. The summed E-state index contributed by atoms with van der Waals surface area (Å²) in [5, 5.41) is 10.7. The van der Waals surface area contributed by atoms with E-state index in [9.17, 15) is 14.9 Å². The van der Waals surface area contributed by atoms with Crippen molar-refractivity contribution in [3.8, 4) is 5.75 Å². The van der Waals surface area contributed by atoms with Gasteiger partial charge in [0.2, 0.25) is 0 Å². The van der Waals surface area contributed by atoms with Gasteiger partial charge in [-0.05, 0) is 19.9 Å². The summed E-state index contributed by atoms with van der Waals surface area (Å²) < 4.78 is 10.0. The lowest BCUT2D eigenvalue weighted by Crippen LogP contribution is -2.09. The van der Waals surface area contributed by atoms with Gasteiger partial charge in [0.25, 0.3) is 5.69 Å². The van der Waals surface area contributed by atoms with Crippen LogP contribution in [0.3, 0.4) is 0 Å². The fourth-order valence-corrected chi connectivity index (χ4v) is 1.39. The van der Waals surface area contributed by atoms with Crippen LogP contribution in [-0.4, -0.2) is 24.1 Å². The average molecular weight is 254 g/mol. The Bertz CT molecular complexity index is 473. The molecule has 7 heteroatoms. The van der Waals surface area contributed by atoms with Crippen molar-refractivity contribution in [2.24, 2.45) is 0 Å². The van der Waals surface area contributed by atoms with Crippen LogP contribution in [0, 0.1) is 10.1 Å². The number of rotatable bonds is 5. The van der Waals surface area contributed by atoms with Crippen molar-refractivity contribution in [2.45, 2.75) is 13.8 Å². The molecule has 2 N–H and O–H groups in total. The summed E-state index contributed by atoms with van der Waals surface area (Å²) >= 11 is 0. The fraction of sp³-hybridized carbons (Fsp3) is 0.364. The Morgan fingerprint density at radius 3 is 2.56 bits per heavy atom. The maximum Gasteiger partial charge on any atom is 0.341 e. The number of hydrogen-bond acceptors (Lipinski definition) is 6. The number of anilines is 1. The molecule has 0 heterocycles. The second kappa shape index (κ2) is 5.85. The Kier molecular flexibility index (Phi) is 4.47. The first-order valence-corrected chi connectivity index (χ1v) is 5.39. The van der Waals surface area contributed by atoms with Crippen molar-refractivity contribution in [1.29, 1.82) is 0 Å². The number of nitrogen functional groups attached to an aromatic ring is 1. The Hall–Kier alpha value is -2.31. The van der Waals surface area contributed by atoms with Gasteiger partial charge in [-0.15, -0.1) is 0 Å². The number of benzene rings is 1. The van der Waals surface area contributed by atoms with Crippen molar-refractivity contribution >= 4 is 17.3 Å². The third kappa shape index (κ3) is 2.88. The Morgan fingerprint density at radius 2 is 2.06 bits per heavy atom. The van der Waals surface area contributed by atoms with Crippen molar-refractivity contribution < 1.29 is 19.2 Å². The van der Waals surface area contributed by atoms with Gasteiger partial charge in [-0.25, -0.2) is 4.79 Å². The molecule has 0 aliphatic carbocycles. The summed E-state index contributed by atoms with van der Waals surface area (Å²) in [6.07, 6.45) is 0. The first-order valence-electron chi connectivity index (χ1n) is 5.39. The quantitative estimate of drug-likeness (QED) is 0.371. The Morgan fingerprint density at radius 1 is 1.39 bits per heavy atom. The zero-order chi connectivity index (χ0) is 13.7. The third-order valence-electron chi connectivity index (χ3n) is 2.12. The summed E-state index contributed by atoms with van der Waals surface area (Å²) in [6.45, 7) is 3.83. The second-order valence-electron chi connectivity index (χ2n) is 3.32. The molecule has 0 unspecified atom stereocenters. The highest BCUT2D eigenvalue weighted by Gasteiger charge is 2.21. The van der Waals surface area contributed by atoms with E-state index >= 15 is 0 Å². The van der Waals surface area contributed by atoms with E-state index in [-0.39, 0.29) is 35.9 Å². The normalized spacial score (nSPS) is 9.89. The molecular weight excluding hydrogens is 240 g/mol. The average Bonchev–Trinajstić information content (AvgIpc) is 2.31. The summed E-state index contributed by atoms with van der Waals surface area (Å²) in [6, 6.07) is 2.33. The van der Waals surface area contributed by atoms with E-state index in [0.717, 1.165) is 6.07 Å². The van der Waals surface area contributed by atoms with E-state index in [4.69, 9.17) is 15.2 Å². The molecule has 1 rings (SSSR count). The third-order valence-corrected chi connectivity index (χ3v) is 2.12. The van der Waals surface area contributed by atoms with Gasteiger partial charge in [0.05, 0.1) is 24.2 Å². The molecule has 98 valence electrons. The van der Waals surface area contributed by atoms with E-state index < -0.39 is 10.9 Å². The number of ether oxygens (including phenoxy) is 2. The van der Waals surface area contributed by atoms with Crippen LogP contribution in [0.25, 0.3) is 0 Å². The van der Waals surface area contributed by atoms with Gasteiger partial charge in [0.15, 0.2) is 0 Å². The lowest BCUT2D eigenvalue weighted by Gasteiger charge is -2.10. The van der Waals surface area contributed by atoms with Gasteiger partial charge >= 0.3 is 5.97 Å². The molecule has 1 aromatic rings. The van der Waals surface area contributed by atoms with Crippen LogP contribution in [0.15, 0.2) is 12.1 Å². The lowest BCUT2D eigenvalue weighted by atomic mass is 10.1. The molecule has 0 aromatic heterocycles. The predicted octanol–water partition coefficient (Wildman–Crippen LogP) is 1.75. The number of carbonyl (C=O) groups is 1. The van der Waals surface area contributed by atoms with Crippen molar-refractivity contribution in [3.63, 3.8) is 0 Å². The largest absolute Gasteiger partial charge is 0.493 e. The maximum atomic E-state index is 11.6. The minimum absolute atomic E-state index is 0.0850. The molecule has 0 bridgehead atoms. The molecule has 0 fully saturated rings. The molecule has 0 spiro atoms. The van der Waals surface area contributed by atoms with E-state index in [1.807, 2.05) is 0 Å². The Labute approximate surface area is 104 Å². The van der Waals surface area contributed by atoms with Crippen LogP contribution in [0.5, 0.6) is 5.75 Å². The molecular formula is C11H14N2O5. The molecule has 0 saturated heterocycles. The number of nitrogens with zero attached hydrogens (tertiary/aromatic N) is 1. The zero-order valence-corrected chi connectivity index (χ0v) is 10.1. The molecule has 0 aliphatic heterocycles. The highest BCUT2D eigenvalue weighted by molar-refractivity contribution is 5.94. The first-order chi connectivity index (χ1) is 8.51. The molecule has 0 saturated carbocycles. The highest BCUT2D eigenvalue weighted by Crippen LogP contribution is 2.31. The molecule has 7 nitrogen and oxygen atoms in total. The number of nitro groups is 1. The topological polar surface area (TPSA) is 105 Å². The maximum absolute atomic E-state index is 11.6. The minimum atomic E-state index is -0.632. The lowest BCUT2D eigenvalue weighted by molar-refractivity contribution is -0.384. The van der Waals surface area contributed by atoms with Gasteiger partial charge in [-0.3, -0.25) is 10.1 Å². The van der Waals surface area contributed by atoms with Crippen LogP contribution in [-0.2, 0) is 4.74 Å². The van der Waals surface area contributed by atoms with Crippen LogP contribution in [0.1, 0.15) is 24.2 Å². The van der Waals surface area contributed by atoms with Crippen molar-refractivity contribution in [1.82, 2.24) is 0 Å². The summed E-state index contributed by atoms with van der Waals surface area (Å²) in [5.41, 5.74) is 5.20. The summed E-state index contributed by atoms with van der Waals surface area (Å²) in [7, 11) is 0. The zero-order valence-electron chi connectivity index (χ0n) is 10.1. The number of nitro benzene ring substituents is 1. The predicted molar refractivity (Wildman–Crippen MR) is 64.6 cm³/mol. The van der Waals surface area contributed by atoms with E-state index in [0.29, 0.717) is 0 Å². The molecule has 0 radical (unpaired) electrons. The number of hydrogen-bond donors (Lipinski definition) is 1. The van der Waals surface area contributed by atoms with Gasteiger partial charge in [0, 0.05) is 0 Å². The Balaban J connectivity index is 3.28. The highest BCUT2D eigenvalue weighted by atomic mass is 16.6. The van der Waals surface area contributed by atoms with Gasteiger partial charge < -0.3 is 15.2 Å². The monoisotopic (exact) mass is 254 g/mol. The minimum Gasteiger partial charge on any atom is -0.493 e. The van der Waals surface area contributed by atoms with Gasteiger partial charge in [-0.2, -0.15) is 0 Å². The van der Waals surface area contributed by atoms with Crippen molar-refractivity contribution in [3.05, 3.63) is 27.8 Å². The smallest absolute Gasteiger partial charge is 0.341 e. The molecule has 0 amide bonds. The number of esters is 1. The molecule has 1 aromatic carbocycles. The number of carbonyl (C=O) groups excluding carboxylic acids is 1. The van der Waals surface area contributed by atoms with Crippen molar-refractivity contribution in [2.75, 3.05) is 18.9 Å². The van der Waals surface area contributed by atoms with Crippen LogP contribution in [0.4, 0.5) is 11.4 Å². The molecule has 0 aliphatic rings. The first kappa shape index (κ1) is 13.8. The van der Waals surface area contributed by atoms with Crippen LogP contribution < -0.4 is 10.5 Å². The van der Waals surface area contributed by atoms with Gasteiger partial charge in [-0.1, -0.05) is 0 Å². The van der Waals surface area contributed by atoms with E-state index in [1.54, 1.807) is 13.8 Å². The number of nitrogens with two attached hydrogens (primary N) is 1. The standard InChI is InChI=1S/C11H14N2O5/c1-3-17-10-6-9(13(15)16)8(12)5-7(10)11(14)18-4-2/h5-6H,3-4,12H2,1-2H3.